The van der Waals surface area contributed by atoms with Crippen LogP contribution in [-0.4, -0.2) is 37.8 Å². The van der Waals surface area contributed by atoms with Crippen LogP contribution in [0.4, 0.5) is 5.69 Å². The highest BCUT2D eigenvalue weighted by Crippen LogP contribution is 2.26. The van der Waals surface area contributed by atoms with Gasteiger partial charge in [0, 0.05) is 18.8 Å². The molecule has 29 heavy (non-hydrogen) atoms. The molecule has 2 aromatic rings. The van der Waals surface area contributed by atoms with E-state index in [1.165, 1.54) is 16.4 Å². The summed E-state index contributed by atoms with van der Waals surface area (Å²) in [6, 6.07) is 13.2. The summed E-state index contributed by atoms with van der Waals surface area (Å²) < 4.78 is 32.7. The Balaban J connectivity index is 1.66. The van der Waals surface area contributed by atoms with Crippen LogP contribution in [0.1, 0.15) is 32.6 Å². The predicted octanol–water partition coefficient (Wildman–Crippen LogP) is 4.31. The summed E-state index contributed by atoms with van der Waals surface area (Å²) in [4.78, 5) is 12.8. The van der Waals surface area contributed by atoms with Gasteiger partial charge in [-0.2, -0.15) is 4.31 Å². The molecule has 1 unspecified atom stereocenters. The van der Waals surface area contributed by atoms with Crippen LogP contribution in [-0.2, 0) is 14.8 Å². The third-order valence-corrected chi connectivity index (χ3v) is 7.07. The standard InChI is InChI=1S/C21H25ClN2O4S/c1-2-19(28-20-9-5-4-8-18(20)22)21(25)23-16-10-12-17(13-11-16)29(26,27)24-14-6-3-7-15-24/h4-5,8-13,19H,2-3,6-7,14-15H2,1H3,(H,23,25). The monoisotopic (exact) mass is 436 g/mol. The fourth-order valence-corrected chi connectivity index (χ4v) is 4.90. The van der Waals surface area contributed by atoms with Crippen molar-refractivity contribution in [1.82, 2.24) is 4.31 Å². The SMILES string of the molecule is CCC(Oc1ccccc1Cl)C(=O)Nc1ccc(S(=O)(=O)N2CCCCC2)cc1. The Hall–Kier alpha value is -2.09. The summed E-state index contributed by atoms with van der Waals surface area (Å²) in [5, 5.41) is 3.21. The summed E-state index contributed by atoms with van der Waals surface area (Å²) >= 11 is 6.10. The molecule has 1 aliphatic rings. The normalized spacial score (nSPS) is 16.2. The maximum atomic E-state index is 12.7. The van der Waals surface area contributed by atoms with Crippen LogP contribution in [0.2, 0.25) is 5.02 Å². The van der Waals surface area contributed by atoms with Crippen molar-refractivity contribution in [2.45, 2.75) is 43.6 Å². The van der Waals surface area contributed by atoms with E-state index < -0.39 is 16.1 Å². The van der Waals surface area contributed by atoms with Crippen molar-refractivity contribution in [3.8, 4) is 5.75 Å². The largest absolute Gasteiger partial charge is 0.479 e. The van der Waals surface area contributed by atoms with Gasteiger partial charge in [0.05, 0.1) is 9.92 Å². The first-order valence-corrected chi connectivity index (χ1v) is 11.6. The van der Waals surface area contributed by atoms with Crippen molar-refractivity contribution >= 4 is 33.2 Å². The number of benzene rings is 2. The van der Waals surface area contributed by atoms with E-state index in [1.54, 1.807) is 36.4 Å². The second-order valence-corrected chi connectivity index (χ2v) is 9.27. The number of amides is 1. The number of carbonyl (C=O) groups is 1. The average molecular weight is 437 g/mol. The van der Waals surface area contributed by atoms with Gasteiger partial charge in [0.2, 0.25) is 10.0 Å². The molecule has 156 valence electrons. The van der Waals surface area contributed by atoms with E-state index >= 15 is 0 Å². The zero-order chi connectivity index (χ0) is 20.9. The fraction of sp³-hybridized carbons (Fsp3) is 0.381. The molecule has 0 spiro atoms. The Kier molecular flexibility index (Phi) is 7.16. The average Bonchev–Trinajstić information content (AvgIpc) is 2.74. The lowest BCUT2D eigenvalue weighted by atomic mass is 10.2. The molecule has 1 heterocycles. The van der Waals surface area contributed by atoms with Crippen LogP contribution in [0, 0.1) is 0 Å². The topological polar surface area (TPSA) is 75.7 Å². The van der Waals surface area contributed by atoms with Gasteiger partial charge in [-0.25, -0.2) is 8.42 Å². The van der Waals surface area contributed by atoms with Gasteiger partial charge < -0.3 is 10.1 Å². The van der Waals surface area contributed by atoms with Crippen LogP contribution in [0.15, 0.2) is 53.4 Å². The minimum Gasteiger partial charge on any atom is -0.479 e. The van der Waals surface area contributed by atoms with E-state index in [0.29, 0.717) is 36.0 Å². The highest BCUT2D eigenvalue weighted by molar-refractivity contribution is 7.89. The highest BCUT2D eigenvalue weighted by Gasteiger charge is 2.26. The Morgan fingerprint density at radius 1 is 1.10 bits per heavy atom. The van der Waals surface area contributed by atoms with Gasteiger partial charge in [0.1, 0.15) is 5.75 Å². The first kappa shape index (κ1) is 21.6. The van der Waals surface area contributed by atoms with Gasteiger partial charge in [-0.05, 0) is 55.7 Å². The van der Waals surface area contributed by atoms with Gasteiger partial charge in [0.25, 0.3) is 5.91 Å². The third-order valence-electron chi connectivity index (χ3n) is 4.84. The van der Waals surface area contributed by atoms with E-state index in [2.05, 4.69) is 5.32 Å². The number of hydrogen-bond donors (Lipinski definition) is 1. The number of nitrogens with one attached hydrogen (secondary N) is 1. The number of ether oxygens (including phenoxy) is 1. The Morgan fingerprint density at radius 2 is 1.76 bits per heavy atom. The van der Waals surface area contributed by atoms with Gasteiger partial charge >= 0.3 is 0 Å². The van der Waals surface area contributed by atoms with Crippen molar-refractivity contribution in [1.29, 1.82) is 0 Å². The lowest BCUT2D eigenvalue weighted by Gasteiger charge is -2.26. The number of halogens is 1. The molecular formula is C21H25ClN2O4S. The first-order chi connectivity index (χ1) is 13.9. The van der Waals surface area contributed by atoms with Crippen molar-refractivity contribution in [2.24, 2.45) is 0 Å². The summed E-state index contributed by atoms with van der Waals surface area (Å²) in [5.74, 6) is 0.123. The molecule has 1 fully saturated rings. The van der Waals surface area contributed by atoms with Crippen LogP contribution in [0.25, 0.3) is 0 Å². The molecular weight excluding hydrogens is 412 g/mol. The van der Waals surface area contributed by atoms with Crippen molar-refractivity contribution in [3.63, 3.8) is 0 Å². The van der Waals surface area contributed by atoms with Gasteiger partial charge in [-0.15, -0.1) is 0 Å². The molecule has 0 bridgehead atoms. The van der Waals surface area contributed by atoms with Crippen molar-refractivity contribution < 1.29 is 17.9 Å². The van der Waals surface area contributed by atoms with Crippen LogP contribution in [0.5, 0.6) is 5.75 Å². The van der Waals surface area contributed by atoms with E-state index in [1.807, 2.05) is 6.92 Å². The van der Waals surface area contributed by atoms with Crippen LogP contribution in [0.3, 0.4) is 0 Å². The second-order valence-electron chi connectivity index (χ2n) is 6.92. The molecule has 2 aromatic carbocycles. The second kappa shape index (κ2) is 9.61. The molecule has 6 nitrogen and oxygen atoms in total. The van der Waals surface area contributed by atoms with E-state index in [-0.39, 0.29) is 10.8 Å². The number of rotatable bonds is 7. The number of anilines is 1. The van der Waals surface area contributed by atoms with Crippen LogP contribution >= 0.6 is 11.6 Å². The molecule has 3 rings (SSSR count). The minimum absolute atomic E-state index is 0.233. The molecule has 0 radical (unpaired) electrons. The molecule has 8 heteroatoms. The van der Waals surface area contributed by atoms with Crippen LogP contribution < -0.4 is 10.1 Å². The number of sulfonamides is 1. The van der Waals surface area contributed by atoms with Gasteiger partial charge in [-0.3, -0.25) is 4.79 Å². The number of carbonyl (C=O) groups excluding carboxylic acids is 1. The summed E-state index contributed by atoms with van der Waals surface area (Å²) in [5.41, 5.74) is 0.508. The van der Waals surface area contributed by atoms with Crippen molar-refractivity contribution in [3.05, 3.63) is 53.6 Å². The molecule has 1 saturated heterocycles. The smallest absolute Gasteiger partial charge is 0.265 e. The minimum atomic E-state index is -3.49. The molecule has 0 aliphatic carbocycles. The molecule has 1 amide bonds. The molecule has 1 aliphatic heterocycles. The predicted molar refractivity (Wildman–Crippen MR) is 114 cm³/mol. The zero-order valence-corrected chi connectivity index (χ0v) is 17.9. The highest BCUT2D eigenvalue weighted by atomic mass is 35.5. The molecule has 0 aromatic heterocycles. The fourth-order valence-electron chi connectivity index (χ4n) is 3.20. The van der Waals surface area contributed by atoms with E-state index in [9.17, 15) is 13.2 Å². The number of nitrogens with zero attached hydrogens (tertiary/aromatic N) is 1. The lowest BCUT2D eigenvalue weighted by Crippen LogP contribution is -2.35. The third kappa shape index (κ3) is 5.29. The van der Waals surface area contributed by atoms with E-state index in [0.717, 1.165) is 19.3 Å². The Morgan fingerprint density at radius 3 is 2.38 bits per heavy atom. The van der Waals surface area contributed by atoms with Gasteiger partial charge in [0.15, 0.2) is 6.10 Å². The van der Waals surface area contributed by atoms with E-state index in [4.69, 9.17) is 16.3 Å². The maximum absolute atomic E-state index is 12.7. The number of para-hydroxylation sites is 1. The van der Waals surface area contributed by atoms with Gasteiger partial charge in [-0.1, -0.05) is 37.1 Å². The zero-order valence-electron chi connectivity index (χ0n) is 16.3. The number of piperidine rings is 1. The molecule has 1 N–H and O–H groups in total. The summed E-state index contributed by atoms with van der Waals surface area (Å²) in [6.45, 7) is 2.95. The first-order valence-electron chi connectivity index (χ1n) is 9.74. The summed E-state index contributed by atoms with van der Waals surface area (Å²) in [6.07, 6.45) is 2.57. The summed E-state index contributed by atoms with van der Waals surface area (Å²) in [7, 11) is -3.49. The maximum Gasteiger partial charge on any atom is 0.265 e. The Labute approximate surface area is 176 Å². The quantitative estimate of drug-likeness (QED) is 0.701. The number of hydrogen-bond acceptors (Lipinski definition) is 4. The molecule has 1 atom stereocenters. The van der Waals surface area contributed by atoms with Crippen molar-refractivity contribution in [2.75, 3.05) is 18.4 Å². The lowest BCUT2D eigenvalue weighted by molar-refractivity contribution is -0.122. The molecule has 0 saturated carbocycles. The Bertz CT molecular complexity index is 941.